The molecular weight excluding hydrogens is 308 g/mol. The highest BCUT2D eigenvalue weighted by molar-refractivity contribution is 6.08. The SMILES string of the molecule is CC[C@]1(c2ccccc2)NC(=O)N(NC(=O)C[NH+]2CCCC2)C1=O. The second-order valence-electron chi connectivity index (χ2n) is 6.36. The minimum Gasteiger partial charge on any atom is -0.327 e. The van der Waals surface area contributed by atoms with E-state index in [1.807, 2.05) is 25.1 Å². The number of hydrogen-bond acceptors (Lipinski definition) is 3. The molecule has 3 rings (SSSR count). The summed E-state index contributed by atoms with van der Waals surface area (Å²) in [6, 6.07) is 8.53. The number of hydrazine groups is 1. The van der Waals surface area contributed by atoms with Crippen molar-refractivity contribution in [1.82, 2.24) is 15.8 Å². The standard InChI is InChI=1S/C17H22N4O3/c1-2-17(13-8-4-3-5-9-13)15(23)21(16(24)18-17)19-14(22)12-20-10-6-7-11-20/h3-5,8-9H,2,6-7,10-12H2,1H3,(H,18,24)(H,19,22)/p+1/t17-/m1/s1. The first-order valence-corrected chi connectivity index (χ1v) is 8.42. The largest absolute Gasteiger partial charge is 0.344 e. The highest BCUT2D eigenvalue weighted by Crippen LogP contribution is 2.31. The van der Waals surface area contributed by atoms with E-state index in [9.17, 15) is 14.4 Å². The van der Waals surface area contributed by atoms with Crippen LogP contribution >= 0.6 is 0 Å². The van der Waals surface area contributed by atoms with Crippen LogP contribution in [0.4, 0.5) is 4.79 Å². The molecule has 0 saturated carbocycles. The van der Waals surface area contributed by atoms with E-state index in [0.717, 1.165) is 30.9 Å². The van der Waals surface area contributed by atoms with Gasteiger partial charge in [0.25, 0.3) is 11.8 Å². The molecule has 1 atom stereocenters. The lowest BCUT2D eigenvalue weighted by Crippen LogP contribution is -3.11. The lowest BCUT2D eigenvalue weighted by Gasteiger charge is -2.25. The summed E-state index contributed by atoms with van der Waals surface area (Å²) in [5.41, 5.74) is 2.07. The zero-order chi connectivity index (χ0) is 17.2. The Kier molecular flexibility index (Phi) is 4.53. The molecule has 0 aliphatic carbocycles. The topological polar surface area (TPSA) is 83.0 Å². The van der Waals surface area contributed by atoms with Crippen LogP contribution in [0.1, 0.15) is 31.7 Å². The van der Waals surface area contributed by atoms with Gasteiger partial charge >= 0.3 is 6.03 Å². The van der Waals surface area contributed by atoms with E-state index in [2.05, 4.69) is 10.7 Å². The average molecular weight is 331 g/mol. The maximum absolute atomic E-state index is 12.9. The van der Waals surface area contributed by atoms with Crippen molar-refractivity contribution in [3.63, 3.8) is 0 Å². The van der Waals surface area contributed by atoms with Crippen molar-refractivity contribution in [3.8, 4) is 0 Å². The van der Waals surface area contributed by atoms with Gasteiger partial charge in [0, 0.05) is 12.8 Å². The van der Waals surface area contributed by atoms with Crippen LogP contribution in [-0.4, -0.2) is 42.5 Å². The highest BCUT2D eigenvalue weighted by Gasteiger charge is 2.52. The van der Waals surface area contributed by atoms with Crippen molar-refractivity contribution in [2.45, 2.75) is 31.7 Å². The Morgan fingerprint density at radius 3 is 2.54 bits per heavy atom. The second-order valence-corrected chi connectivity index (χ2v) is 6.36. The predicted molar refractivity (Wildman–Crippen MR) is 86.7 cm³/mol. The molecule has 3 N–H and O–H groups in total. The van der Waals surface area contributed by atoms with E-state index in [0.29, 0.717) is 12.0 Å². The van der Waals surface area contributed by atoms with Gasteiger partial charge in [0.1, 0.15) is 5.54 Å². The van der Waals surface area contributed by atoms with Gasteiger partial charge < -0.3 is 10.2 Å². The summed E-state index contributed by atoms with van der Waals surface area (Å²) in [6.07, 6.45) is 2.63. The van der Waals surface area contributed by atoms with Gasteiger partial charge in [-0.05, 0) is 12.0 Å². The molecule has 24 heavy (non-hydrogen) atoms. The quantitative estimate of drug-likeness (QED) is 0.640. The average Bonchev–Trinajstić information content (AvgIpc) is 3.18. The maximum Gasteiger partial charge on any atom is 0.344 e. The molecule has 7 heteroatoms. The highest BCUT2D eigenvalue weighted by atomic mass is 16.2. The van der Waals surface area contributed by atoms with Crippen molar-refractivity contribution >= 4 is 17.8 Å². The van der Waals surface area contributed by atoms with Gasteiger partial charge in [-0.1, -0.05) is 37.3 Å². The molecule has 2 aliphatic heterocycles. The van der Waals surface area contributed by atoms with Crippen molar-refractivity contribution in [1.29, 1.82) is 0 Å². The number of imide groups is 1. The first-order chi connectivity index (χ1) is 11.6. The summed E-state index contributed by atoms with van der Waals surface area (Å²) in [6.45, 7) is 4.03. The number of rotatable bonds is 5. The normalized spacial score (nSPS) is 24.3. The van der Waals surface area contributed by atoms with Crippen LogP contribution in [0, 0.1) is 0 Å². The molecule has 7 nitrogen and oxygen atoms in total. The minimum atomic E-state index is -1.12. The molecule has 0 aromatic heterocycles. The van der Waals surface area contributed by atoms with E-state index in [4.69, 9.17) is 0 Å². The fourth-order valence-corrected chi connectivity index (χ4v) is 3.48. The number of nitrogens with zero attached hydrogens (tertiary/aromatic N) is 1. The fraction of sp³-hybridized carbons (Fsp3) is 0.471. The molecule has 0 unspecified atom stereocenters. The van der Waals surface area contributed by atoms with Crippen molar-refractivity contribution in [2.24, 2.45) is 0 Å². The van der Waals surface area contributed by atoms with Gasteiger partial charge in [0.2, 0.25) is 0 Å². The maximum atomic E-state index is 12.9. The number of urea groups is 1. The second kappa shape index (κ2) is 6.60. The van der Waals surface area contributed by atoms with E-state index < -0.39 is 17.5 Å². The van der Waals surface area contributed by atoms with Crippen molar-refractivity contribution < 1.29 is 19.3 Å². The third-order valence-corrected chi connectivity index (χ3v) is 4.85. The number of quaternary nitrogens is 1. The summed E-state index contributed by atoms with van der Waals surface area (Å²) in [7, 11) is 0. The van der Waals surface area contributed by atoms with Crippen LogP contribution in [0.15, 0.2) is 30.3 Å². The molecule has 128 valence electrons. The Balaban J connectivity index is 1.74. The third-order valence-electron chi connectivity index (χ3n) is 4.85. The zero-order valence-electron chi connectivity index (χ0n) is 13.8. The Morgan fingerprint density at radius 1 is 1.25 bits per heavy atom. The summed E-state index contributed by atoms with van der Waals surface area (Å²) in [5, 5.41) is 3.58. The van der Waals surface area contributed by atoms with E-state index in [1.165, 1.54) is 4.90 Å². The predicted octanol–water partition coefficient (Wildman–Crippen LogP) is -0.446. The molecule has 0 radical (unpaired) electrons. The van der Waals surface area contributed by atoms with E-state index >= 15 is 0 Å². The minimum absolute atomic E-state index is 0.279. The van der Waals surface area contributed by atoms with Crippen molar-refractivity contribution in [2.75, 3.05) is 19.6 Å². The first kappa shape index (κ1) is 16.4. The van der Waals surface area contributed by atoms with Crippen molar-refractivity contribution in [3.05, 3.63) is 35.9 Å². The lowest BCUT2D eigenvalue weighted by atomic mass is 9.87. The lowest BCUT2D eigenvalue weighted by molar-refractivity contribution is -0.879. The van der Waals surface area contributed by atoms with Crippen LogP contribution < -0.4 is 15.6 Å². The molecule has 2 aliphatic rings. The number of carbonyl (C=O) groups excluding carboxylic acids is 3. The van der Waals surface area contributed by atoms with Gasteiger partial charge in [-0.3, -0.25) is 15.0 Å². The Morgan fingerprint density at radius 2 is 1.92 bits per heavy atom. The van der Waals surface area contributed by atoms with Crippen LogP contribution in [0.25, 0.3) is 0 Å². The summed E-state index contributed by atoms with van der Waals surface area (Å²) in [5.74, 6) is -0.749. The third kappa shape index (κ3) is 2.87. The molecule has 2 fully saturated rings. The van der Waals surface area contributed by atoms with Crippen LogP contribution in [-0.2, 0) is 15.1 Å². The molecule has 0 bridgehead atoms. The molecule has 4 amide bonds. The monoisotopic (exact) mass is 331 g/mol. The van der Waals surface area contributed by atoms with Gasteiger partial charge in [-0.2, -0.15) is 5.01 Å². The van der Waals surface area contributed by atoms with Gasteiger partial charge in [0.15, 0.2) is 6.54 Å². The number of carbonyl (C=O) groups is 3. The number of hydrogen-bond donors (Lipinski definition) is 3. The molecular formula is C17H23N4O3+. The van der Waals surface area contributed by atoms with Gasteiger partial charge in [-0.15, -0.1) is 0 Å². The summed E-state index contributed by atoms with van der Waals surface area (Å²) < 4.78 is 0. The van der Waals surface area contributed by atoms with Gasteiger partial charge in [-0.25, -0.2) is 4.79 Å². The molecule has 1 aromatic carbocycles. The van der Waals surface area contributed by atoms with Crippen LogP contribution in [0.3, 0.4) is 0 Å². The smallest absolute Gasteiger partial charge is 0.327 e. The van der Waals surface area contributed by atoms with Crippen LogP contribution in [0.2, 0.25) is 0 Å². The molecule has 2 saturated heterocycles. The van der Waals surface area contributed by atoms with Gasteiger partial charge in [0.05, 0.1) is 13.1 Å². The Bertz CT molecular complexity index is 642. The fourth-order valence-electron chi connectivity index (χ4n) is 3.48. The summed E-state index contributed by atoms with van der Waals surface area (Å²) >= 11 is 0. The number of amides is 4. The Labute approximate surface area is 141 Å². The number of benzene rings is 1. The number of nitrogens with one attached hydrogen (secondary N) is 3. The van der Waals surface area contributed by atoms with E-state index in [1.54, 1.807) is 12.1 Å². The zero-order valence-corrected chi connectivity index (χ0v) is 13.8. The first-order valence-electron chi connectivity index (χ1n) is 8.42. The number of likely N-dealkylation sites (tertiary alicyclic amines) is 1. The van der Waals surface area contributed by atoms with Crippen LogP contribution in [0.5, 0.6) is 0 Å². The molecule has 1 aromatic rings. The van der Waals surface area contributed by atoms with E-state index in [-0.39, 0.29) is 12.5 Å². The molecule has 2 heterocycles. The molecule has 0 spiro atoms. The summed E-state index contributed by atoms with van der Waals surface area (Å²) in [4.78, 5) is 38.5. The Hall–Kier alpha value is -2.41.